The van der Waals surface area contributed by atoms with Gasteiger partial charge in [0, 0.05) is 12.6 Å². The standard InChI is InChI=1S/C22H23FN4O2/c1-14(2)29-20-7-5-4-6-18(20)27-21-12-19(25-15(3)26-21)22(28)24-13-16-8-10-17(23)11-9-16/h4-12,14H,13H2,1-3H3,(H,24,28)(H,25,26,27). The van der Waals surface area contributed by atoms with Crippen LogP contribution in [-0.4, -0.2) is 22.0 Å². The van der Waals surface area contributed by atoms with Crippen molar-refractivity contribution in [1.82, 2.24) is 15.3 Å². The number of aromatic nitrogens is 2. The van der Waals surface area contributed by atoms with Gasteiger partial charge in [0.25, 0.3) is 5.91 Å². The fourth-order valence-corrected chi connectivity index (χ4v) is 2.69. The Morgan fingerprint density at radius 1 is 1.10 bits per heavy atom. The summed E-state index contributed by atoms with van der Waals surface area (Å²) in [6, 6.07) is 15.1. The van der Waals surface area contributed by atoms with Gasteiger partial charge in [-0.25, -0.2) is 14.4 Å². The molecule has 0 bridgehead atoms. The van der Waals surface area contributed by atoms with Crippen molar-refractivity contribution in [1.29, 1.82) is 0 Å². The number of aryl methyl sites for hydroxylation is 1. The molecule has 29 heavy (non-hydrogen) atoms. The first-order valence-electron chi connectivity index (χ1n) is 9.32. The molecule has 7 heteroatoms. The Bertz CT molecular complexity index is 990. The Balaban J connectivity index is 1.74. The fourth-order valence-electron chi connectivity index (χ4n) is 2.69. The molecule has 1 amide bonds. The molecule has 0 radical (unpaired) electrons. The SMILES string of the molecule is Cc1nc(Nc2ccccc2OC(C)C)cc(C(=O)NCc2ccc(F)cc2)n1. The lowest BCUT2D eigenvalue weighted by molar-refractivity contribution is 0.0945. The van der Waals surface area contributed by atoms with Crippen LogP contribution in [-0.2, 0) is 6.54 Å². The molecule has 0 fully saturated rings. The van der Waals surface area contributed by atoms with E-state index in [0.717, 1.165) is 11.3 Å². The van der Waals surface area contributed by atoms with E-state index in [1.807, 2.05) is 38.1 Å². The zero-order valence-corrected chi connectivity index (χ0v) is 16.6. The number of halogens is 1. The molecule has 3 rings (SSSR count). The highest BCUT2D eigenvalue weighted by atomic mass is 19.1. The predicted molar refractivity (Wildman–Crippen MR) is 110 cm³/mol. The minimum Gasteiger partial charge on any atom is -0.489 e. The number of carbonyl (C=O) groups is 1. The van der Waals surface area contributed by atoms with Gasteiger partial charge in [0.15, 0.2) is 0 Å². The van der Waals surface area contributed by atoms with Crippen LogP contribution in [0.15, 0.2) is 54.6 Å². The molecule has 0 saturated heterocycles. The second kappa shape index (κ2) is 9.14. The van der Waals surface area contributed by atoms with Gasteiger partial charge in [-0.15, -0.1) is 0 Å². The Kier molecular flexibility index (Phi) is 6.39. The maximum atomic E-state index is 13.0. The van der Waals surface area contributed by atoms with Crippen LogP contribution in [0.3, 0.4) is 0 Å². The van der Waals surface area contributed by atoms with Crippen LogP contribution in [0.4, 0.5) is 15.9 Å². The number of nitrogens with one attached hydrogen (secondary N) is 2. The number of hydrogen-bond donors (Lipinski definition) is 2. The normalized spacial score (nSPS) is 10.7. The first kappa shape index (κ1) is 20.3. The van der Waals surface area contributed by atoms with Crippen LogP contribution < -0.4 is 15.4 Å². The molecule has 0 aliphatic carbocycles. The molecule has 0 atom stereocenters. The van der Waals surface area contributed by atoms with Crippen LogP contribution in [0.5, 0.6) is 5.75 Å². The van der Waals surface area contributed by atoms with Gasteiger partial charge >= 0.3 is 0 Å². The van der Waals surface area contributed by atoms with Gasteiger partial charge < -0.3 is 15.4 Å². The third-order valence-corrected chi connectivity index (χ3v) is 3.95. The zero-order chi connectivity index (χ0) is 20.8. The Labute approximate surface area is 169 Å². The first-order valence-corrected chi connectivity index (χ1v) is 9.32. The van der Waals surface area contributed by atoms with Crippen LogP contribution in [0, 0.1) is 12.7 Å². The molecule has 0 unspecified atom stereocenters. The number of nitrogens with zero attached hydrogens (tertiary/aromatic N) is 2. The largest absolute Gasteiger partial charge is 0.489 e. The summed E-state index contributed by atoms with van der Waals surface area (Å²) < 4.78 is 18.8. The van der Waals surface area contributed by atoms with Crippen molar-refractivity contribution in [3.8, 4) is 5.75 Å². The maximum Gasteiger partial charge on any atom is 0.270 e. The molecule has 0 aliphatic heterocycles. The minimum atomic E-state index is -0.338. The second-order valence-corrected chi connectivity index (χ2v) is 6.78. The molecular formula is C22H23FN4O2. The summed E-state index contributed by atoms with van der Waals surface area (Å²) in [5.41, 5.74) is 1.78. The van der Waals surface area contributed by atoms with E-state index in [2.05, 4.69) is 20.6 Å². The highest BCUT2D eigenvalue weighted by molar-refractivity contribution is 5.93. The minimum absolute atomic E-state index is 0.0258. The van der Waals surface area contributed by atoms with E-state index < -0.39 is 0 Å². The number of carbonyl (C=O) groups excluding carboxylic acids is 1. The lowest BCUT2D eigenvalue weighted by Gasteiger charge is -2.15. The Morgan fingerprint density at radius 2 is 1.83 bits per heavy atom. The van der Waals surface area contributed by atoms with Crippen molar-refractivity contribution in [3.05, 3.63) is 77.5 Å². The van der Waals surface area contributed by atoms with Crippen LogP contribution in [0.25, 0.3) is 0 Å². The zero-order valence-electron chi connectivity index (χ0n) is 16.6. The van der Waals surface area contributed by atoms with Gasteiger partial charge in [-0.05, 0) is 50.6 Å². The molecule has 1 aromatic heterocycles. The third kappa shape index (κ3) is 5.75. The van der Waals surface area contributed by atoms with Crippen molar-refractivity contribution in [2.24, 2.45) is 0 Å². The van der Waals surface area contributed by atoms with Crippen molar-refractivity contribution < 1.29 is 13.9 Å². The summed E-state index contributed by atoms with van der Waals surface area (Å²) in [6.07, 6.45) is 0.0258. The molecule has 2 aromatic carbocycles. The monoisotopic (exact) mass is 394 g/mol. The number of benzene rings is 2. The molecule has 2 N–H and O–H groups in total. The number of amides is 1. The average Bonchev–Trinajstić information content (AvgIpc) is 2.68. The molecule has 3 aromatic rings. The van der Waals surface area contributed by atoms with Crippen LogP contribution in [0.2, 0.25) is 0 Å². The van der Waals surface area contributed by atoms with Crippen LogP contribution >= 0.6 is 0 Å². The van der Waals surface area contributed by atoms with Crippen molar-refractivity contribution in [2.45, 2.75) is 33.4 Å². The van der Waals surface area contributed by atoms with Crippen molar-refractivity contribution >= 4 is 17.4 Å². The summed E-state index contributed by atoms with van der Waals surface area (Å²) in [6.45, 7) is 5.90. The van der Waals surface area contributed by atoms with Gasteiger partial charge in [-0.2, -0.15) is 0 Å². The van der Waals surface area contributed by atoms with Gasteiger partial charge in [-0.1, -0.05) is 24.3 Å². The van der Waals surface area contributed by atoms with E-state index in [4.69, 9.17) is 4.74 Å². The predicted octanol–water partition coefficient (Wildman–Crippen LogP) is 4.38. The van der Waals surface area contributed by atoms with Gasteiger partial charge in [-0.3, -0.25) is 4.79 Å². The van der Waals surface area contributed by atoms with E-state index in [0.29, 0.717) is 17.4 Å². The topological polar surface area (TPSA) is 76.1 Å². The highest BCUT2D eigenvalue weighted by Gasteiger charge is 2.12. The van der Waals surface area contributed by atoms with E-state index in [1.165, 1.54) is 12.1 Å². The van der Waals surface area contributed by atoms with Crippen molar-refractivity contribution in [2.75, 3.05) is 5.32 Å². The summed E-state index contributed by atoms with van der Waals surface area (Å²) in [7, 11) is 0. The number of anilines is 2. The molecule has 0 saturated carbocycles. The lowest BCUT2D eigenvalue weighted by atomic mass is 10.2. The Hall–Kier alpha value is -3.48. The molecule has 0 aliphatic rings. The maximum absolute atomic E-state index is 13.0. The average molecular weight is 394 g/mol. The number of rotatable bonds is 7. The molecule has 150 valence electrons. The Morgan fingerprint density at radius 3 is 2.55 bits per heavy atom. The van der Waals surface area contributed by atoms with Gasteiger partial charge in [0.05, 0.1) is 11.8 Å². The quantitative estimate of drug-likeness (QED) is 0.622. The third-order valence-electron chi connectivity index (χ3n) is 3.95. The summed E-state index contributed by atoms with van der Waals surface area (Å²) >= 11 is 0. The van der Waals surface area contributed by atoms with Crippen LogP contribution in [0.1, 0.15) is 35.7 Å². The van der Waals surface area contributed by atoms with E-state index in [1.54, 1.807) is 25.1 Å². The van der Waals surface area contributed by atoms with Crippen molar-refractivity contribution in [3.63, 3.8) is 0 Å². The molecule has 1 heterocycles. The summed E-state index contributed by atoms with van der Waals surface area (Å²) in [5, 5.41) is 5.98. The summed E-state index contributed by atoms with van der Waals surface area (Å²) in [4.78, 5) is 21.1. The first-order chi connectivity index (χ1) is 13.9. The molecule has 6 nitrogen and oxygen atoms in total. The molecule has 0 spiro atoms. The number of hydrogen-bond acceptors (Lipinski definition) is 5. The van der Waals surface area contributed by atoms with Gasteiger partial charge in [0.2, 0.25) is 0 Å². The number of ether oxygens (including phenoxy) is 1. The number of para-hydroxylation sites is 2. The van der Waals surface area contributed by atoms with E-state index in [-0.39, 0.29) is 30.1 Å². The lowest BCUT2D eigenvalue weighted by Crippen LogP contribution is -2.24. The van der Waals surface area contributed by atoms with E-state index in [9.17, 15) is 9.18 Å². The second-order valence-electron chi connectivity index (χ2n) is 6.78. The van der Waals surface area contributed by atoms with Gasteiger partial charge in [0.1, 0.15) is 28.9 Å². The highest BCUT2D eigenvalue weighted by Crippen LogP contribution is 2.27. The smallest absolute Gasteiger partial charge is 0.270 e. The fraction of sp³-hybridized carbons (Fsp3) is 0.227. The van der Waals surface area contributed by atoms with E-state index >= 15 is 0 Å². The summed E-state index contributed by atoms with van der Waals surface area (Å²) in [5.74, 6) is 0.994. The molecular weight excluding hydrogens is 371 g/mol.